The molecule has 0 N–H and O–H groups in total. The van der Waals surface area contributed by atoms with Crippen molar-refractivity contribution in [1.82, 2.24) is 4.31 Å². The predicted molar refractivity (Wildman–Crippen MR) is 107 cm³/mol. The van der Waals surface area contributed by atoms with E-state index in [1.165, 1.54) is 53.9 Å². The van der Waals surface area contributed by atoms with E-state index in [1.807, 2.05) is 0 Å². The Balaban J connectivity index is 1.82. The van der Waals surface area contributed by atoms with Crippen molar-refractivity contribution in [1.29, 1.82) is 0 Å². The van der Waals surface area contributed by atoms with Gasteiger partial charge in [0.25, 0.3) is 0 Å². The summed E-state index contributed by atoms with van der Waals surface area (Å²) in [6, 6.07) is 9.76. The zero-order valence-electron chi connectivity index (χ0n) is 15.8. The molecule has 9 heteroatoms. The van der Waals surface area contributed by atoms with Crippen LogP contribution in [0.2, 0.25) is 5.02 Å². The van der Waals surface area contributed by atoms with Crippen LogP contribution >= 0.6 is 11.6 Å². The highest BCUT2D eigenvalue weighted by Crippen LogP contribution is 2.26. The lowest BCUT2D eigenvalue weighted by Gasteiger charge is -2.26. The highest BCUT2D eigenvalue weighted by atomic mass is 35.5. The van der Waals surface area contributed by atoms with Crippen LogP contribution in [0.4, 0.5) is 0 Å². The number of hydrogen-bond donors (Lipinski definition) is 0. The van der Waals surface area contributed by atoms with Crippen LogP contribution in [-0.2, 0) is 14.8 Å². The van der Waals surface area contributed by atoms with E-state index in [2.05, 4.69) is 4.74 Å². The quantitative estimate of drug-likeness (QED) is 0.525. The van der Waals surface area contributed by atoms with Gasteiger partial charge in [0.2, 0.25) is 10.0 Å². The molecule has 1 heterocycles. The van der Waals surface area contributed by atoms with E-state index >= 15 is 0 Å². The highest BCUT2D eigenvalue weighted by Gasteiger charge is 2.27. The van der Waals surface area contributed by atoms with Gasteiger partial charge in [-0.25, -0.2) is 18.0 Å². The van der Waals surface area contributed by atoms with Gasteiger partial charge in [0.05, 0.1) is 28.2 Å². The molecule has 1 aliphatic rings. The van der Waals surface area contributed by atoms with Gasteiger partial charge in [-0.05, 0) is 55.3 Å². The van der Waals surface area contributed by atoms with E-state index in [4.69, 9.17) is 16.3 Å². The third-order valence-corrected chi connectivity index (χ3v) is 6.82. The Labute approximate surface area is 174 Å². The van der Waals surface area contributed by atoms with Crippen LogP contribution in [0, 0.1) is 0 Å². The number of ether oxygens (including phenoxy) is 2. The standard InChI is InChI=1S/C20H20ClNO6S/c1-27-19(23)14-5-7-15(8-6-14)28-20(24)17-13-16(9-10-18(17)21)29(25,26)22-11-3-2-4-12-22/h5-10,13H,2-4,11-12H2,1H3. The molecule has 0 aliphatic carbocycles. The second-order valence-electron chi connectivity index (χ2n) is 6.51. The highest BCUT2D eigenvalue weighted by molar-refractivity contribution is 7.89. The third-order valence-electron chi connectivity index (χ3n) is 4.60. The Bertz CT molecular complexity index is 1010. The first-order valence-electron chi connectivity index (χ1n) is 9.03. The molecule has 0 amide bonds. The summed E-state index contributed by atoms with van der Waals surface area (Å²) < 4.78 is 37.0. The average molecular weight is 438 g/mol. The van der Waals surface area contributed by atoms with E-state index < -0.39 is 22.0 Å². The van der Waals surface area contributed by atoms with Crippen molar-refractivity contribution in [3.8, 4) is 5.75 Å². The lowest BCUT2D eigenvalue weighted by atomic mass is 10.2. The van der Waals surface area contributed by atoms with Crippen molar-refractivity contribution in [3.63, 3.8) is 0 Å². The summed E-state index contributed by atoms with van der Waals surface area (Å²) in [6.45, 7) is 0.911. The zero-order valence-corrected chi connectivity index (χ0v) is 17.3. The first-order valence-corrected chi connectivity index (χ1v) is 10.8. The van der Waals surface area contributed by atoms with Crippen LogP contribution in [0.3, 0.4) is 0 Å². The van der Waals surface area contributed by atoms with Gasteiger partial charge >= 0.3 is 11.9 Å². The lowest BCUT2D eigenvalue weighted by molar-refractivity contribution is 0.0600. The molecule has 3 rings (SSSR count). The Morgan fingerprint density at radius 3 is 2.24 bits per heavy atom. The molecule has 7 nitrogen and oxygen atoms in total. The van der Waals surface area contributed by atoms with Crippen molar-refractivity contribution < 1.29 is 27.5 Å². The van der Waals surface area contributed by atoms with Gasteiger partial charge in [0, 0.05) is 13.1 Å². The van der Waals surface area contributed by atoms with Gasteiger partial charge in [-0.1, -0.05) is 18.0 Å². The number of hydrogen-bond acceptors (Lipinski definition) is 6. The third kappa shape index (κ3) is 4.77. The van der Waals surface area contributed by atoms with Gasteiger partial charge in [0.1, 0.15) is 5.75 Å². The molecule has 1 saturated heterocycles. The number of carbonyl (C=O) groups is 2. The fourth-order valence-electron chi connectivity index (χ4n) is 3.01. The number of halogens is 1. The first kappa shape index (κ1) is 21.3. The van der Waals surface area contributed by atoms with Crippen LogP contribution in [0.15, 0.2) is 47.4 Å². The van der Waals surface area contributed by atoms with Crippen LogP contribution in [0.25, 0.3) is 0 Å². The maximum atomic E-state index is 12.8. The Kier molecular flexibility index (Phi) is 6.56. The number of carbonyl (C=O) groups excluding carboxylic acids is 2. The fourth-order valence-corrected chi connectivity index (χ4v) is 4.75. The summed E-state index contributed by atoms with van der Waals surface area (Å²) in [5, 5.41) is 0.0822. The van der Waals surface area contributed by atoms with Crippen molar-refractivity contribution in [3.05, 3.63) is 58.6 Å². The summed E-state index contributed by atoms with van der Waals surface area (Å²) >= 11 is 6.11. The molecule has 2 aromatic carbocycles. The van der Waals surface area contributed by atoms with Gasteiger partial charge in [-0.15, -0.1) is 0 Å². The van der Waals surface area contributed by atoms with Crippen molar-refractivity contribution in [2.45, 2.75) is 24.2 Å². The van der Waals surface area contributed by atoms with E-state index in [-0.39, 0.29) is 21.2 Å². The van der Waals surface area contributed by atoms with Crippen molar-refractivity contribution >= 4 is 33.6 Å². The second-order valence-corrected chi connectivity index (χ2v) is 8.86. The molecule has 0 saturated carbocycles. The van der Waals surface area contributed by atoms with Crippen LogP contribution in [-0.4, -0.2) is 44.9 Å². The predicted octanol–water partition coefficient (Wildman–Crippen LogP) is 3.52. The minimum atomic E-state index is -3.71. The number of rotatable bonds is 5. The number of methoxy groups -OCH3 is 1. The molecule has 0 aromatic heterocycles. The van der Waals surface area contributed by atoms with Gasteiger partial charge < -0.3 is 9.47 Å². The monoisotopic (exact) mass is 437 g/mol. The molecule has 1 fully saturated rings. The van der Waals surface area contributed by atoms with Gasteiger partial charge in [-0.3, -0.25) is 0 Å². The topological polar surface area (TPSA) is 90.0 Å². The Morgan fingerprint density at radius 1 is 0.966 bits per heavy atom. The van der Waals surface area contributed by atoms with Crippen LogP contribution in [0.1, 0.15) is 40.0 Å². The molecule has 154 valence electrons. The van der Waals surface area contributed by atoms with Crippen molar-refractivity contribution in [2.24, 2.45) is 0 Å². The molecular formula is C20H20ClNO6S. The first-order chi connectivity index (χ1) is 13.8. The number of piperidine rings is 1. The van der Waals surface area contributed by atoms with Crippen LogP contribution in [0.5, 0.6) is 5.75 Å². The molecule has 0 unspecified atom stereocenters. The summed E-state index contributed by atoms with van der Waals surface area (Å²) in [6.07, 6.45) is 2.62. The lowest BCUT2D eigenvalue weighted by Crippen LogP contribution is -2.35. The molecule has 0 atom stereocenters. The summed E-state index contributed by atoms with van der Waals surface area (Å²) in [7, 11) is -2.44. The minimum absolute atomic E-state index is 0.00297. The SMILES string of the molecule is COC(=O)c1ccc(OC(=O)c2cc(S(=O)(=O)N3CCCCC3)ccc2Cl)cc1. The fraction of sp³-hybridized carbons (Fsp3) is 0.300. The van der Waals surface area contributed by atoms with Gasteiger partial charge in [0.15, 0.2) is 0 Å². The average Bonchev–Trinajstić information content (AvgIpc) is 2.74. The maximum Gasteiger partial charge on any atom is 0.345 e. The summed E-state index contributed by atoms with van der Waals surface area (Å²) in [5.74, 6) is -1.12. The summed E-state index contributed by atoms with van der Waals surface area (Å²) in [4.78, 5) is 24.0. The number of sulfonamides is 1. The smallest absolute Gasteiger partial charge is 0.345 e. The molecule has 29 heavy (non-hydrogen) atoms. The Hall–Kier alpha value is -2.42. The minimum Gasteiger partial charge on any atom is -0.465 e. The van der Waals surface area contributed by atoms with E-state index in [0.717, 1.165) is 19.3 Å². The second kappa shape index (κ2) is 8.94. The van der Waals surface area contributed by atoms with Crippen LogP contribution < -0.4 is 4.74 Å². The molecular weight excluding hydrogens is 418 g/mol. The molecule has 0 radical (unpaired) electrons. The molecule has 0 bridgehead atoms. The van der Waals surface area contributed by atoms with E-state index in [9.17, 15) is 18.0 Å². The van der Waals surface area contributed by atoms with E-state index in [0.29, 0.717) is 18.7 Å². The molecule has 2 aromatic rings. The molecule has 0 spiro atoms. The number of nitrogens with zero attached hydrogens (tertiary/aromatic N) is 1. The number of esters is 2. The maximum absolute atomic E-state index is 12.8. The van der Waals surface area contributed by atoms with Crippen molar-refractivity contribution in [2.75, 3.05) is 20.2 Å². The summed E-state index contributed by atoms with van der Waals surface area (Å²) in [5.41, 5.74) is 0.252. The van der Waals surface area contributed by atoms with E-state index in [1.54, 1.807) is 0 Å². The normalized spacial score (nSPS) is 15.0. The zero-order chi connectivity index (χ0) is 21.0. The van der Waals surface area contributed by atoms with Gasteiger partial charge in [-0.2, -0.15) is 4.31 Å². The number of benzene rings is 2. The largest absolute Gasteiger partial charge is 0.465 e. The molecule has 1 aliphatic heterocycles. The Morgan fingerprint density at radius 2 is 1.62 bits per heavy atom.